The minimum atomic E-state index is -0.444. The van der Waals surface area contributed by atoms with Crippen molar-refractivity contribution in [1.29, 1.82) is 0 Å². The molecule has 0 aliphatic heterocycles. The largest absolute Gasteiger partial charge is 0.461 e. The average Bonchev–Trinajstić information content (AvgIpc) is 2.81. The smallest absolute Gasteiger partial charge is 0.360 e. The van der Waals surface area contributed by atoms with Gasteiger partial charge in [-0.15, -0.1) is 0 Å². The van der Waals surface area contributed by atoms with Crippen molar-refractivity contribution in [3.63, 3.8) is 0 Å². The summed E-state index contributed by atoms with van der Waals surface area (Å²) < 4.78 is 10.5. The standard InChI is InChI=1S/C15H17NO3/c1-4-11-6-8-12(9-7-11)14-16-13(10(3)19-14)15(17)18-5-2/h6-9H,4-5H2,1-3H3. The fraction of sp³-hybridized carbons (Fsp3) is 0.333. The van der Waals surface area contributed by atoms with E-state index in [4.69, 9.17) is 9.15 Å². The van der Waals surface area contributed by atoms with Crippen molar-refractivity contribution in [1.82, 2.24) is 4.98 Å². The molecule has 0 aliphatic rings. The Balaban J connectivity index is 2.30. The van der Waals surface area contributed by atoms with Crippen molar-refractivity contribution >= 4 is 5.97 Å². The number of nitrogens with zero attached hydrogens (tertiary/aromatic N) is 1. The molecule has 0 saturated carbocycles. The monoisotopic (exact) mass is 259 g/mol. The molecule has 0 fully saturated rings. The molecule has 0 radical (unpaired) electrons. The second-order valence-corrected chi connectivity index (χ2v) is 4.19. The van der Waals surface area contributed by atoms with Crippen molar-refractivity contribution < 1.29 is 13.9 Å². The number of aromatic nitrogens is 1. The first-order valence-corrected chi connectivity index (χ1v) is 6.39. The van der Waals surface area contributed by atoms with Gasteiger partial charge in [-0.25, -0.2) is 9.78 Å². The van der Waals surface area contributed by atoms with E-state index in [1.54, 1.807) is 13.8 Å². The van der Waals surface area contributed by atoms with Crippen LogP contribution < -0.4 is 0 Å². The highest BCUT2D eigenvalue weighted by molar-refractivity contribution is 5.88. The minimum absolute atomic E-state index is 0.247. The fourth-order valence-electron chi connectivity index (χ4n) is 1.79. The van der Waals surface area contributed by atoms with E-state index >= 15 is 0 Å². The molecule has 1 heterocycles. The summed E-state index contributed by atoms with van der Waals surface area (Å²) in [5, 5.41) is 0. The van der Waals surface area contributed by atoms with Crippen LogP contribution in [-0.2, 0) is 11.2 Å². The normalized spacial score (nSPS) is 10.5. The van der Waals surface area contributed by atoms with E-state index in [0.29, 0.717) is 18.3 Å². The predicted octanol–water partition coefficient (Wildman–Crippen LogP) is 3.39. The lowest BCUT2D eigenvalue weighted by Crippen LogP contribution is -2.06. The van der Waals surface area contributed by atoms with Gasteiger partial charge in [-0.05, 0) is 38.0 Å². The molecule has 1 aromatic carbocycles. The van der Waals surface area contributed by atoms with Gasteiger partial charge in [0.2, 0.25) is 5.89 Å². The zero-order valence-electron chi connectivity index (χ0n) is 11.4. The molecule has 0 atom stereocenters. The quantitative estimate of drug-likeness (QED) is 0.790. The van der Waals surface area contributed by atoms with E-state index in [0.717, 1.165) is 12.0 Å². The first-order chi connectivity index (χ1) is 9.15. The van der Waals surface area contributed by atoms with Gasteiger partial charge in [-0.3, -0.25) is 0 Å². The lowest BCUT2D eigenvalue weighted by atomic mass is 10.1. The first kappa shape index (κ1) is 13.3. The third kappa shape index (κ3) is 2.84. The van der Waals surface area contributed by atoms with Crippen molar-refractivity contribution in [2.45, 2.75) is 27.2 Å². The van der Waals surface area contributed by atoms with Crippen LogP contribution in [0.15, 0.2) is 28.7 Å². The average molecular weight is 259 g/mol. The van der Waals surface area contributed by atoms with E-state index in [1.807, 2.05) is 24.3 Å². The van der Waals surface area contributed by atoms with Gasteiger partial charge >= 0.3 is 5.97 Å². The minimum Gasteiger partial charge on any atom is -0.461 e. The molecule has 0 amide bonds. The van der Waals surface area contributed by atoms with Gasteiger partial charge in [0.15, 0.2) is 5.69 Å². The molecule has 1 aromatic heterocycles. The van der Waals surface area contributed by atoms with E-state index in [1.165, 1.54) is 5.56 Å². The van der Waals surface area contributed by atoms with Crippen LogP contribution >= 0.6 is 0 Å². The van der Waals surface area contributed by atoms with Crippen molar-refractivity contribution in [2.24, 2.45) is 0 Å². The van der Waals surface area contributed by atoms with Gasteiger partial charge in [0.1, 0.15) is 5.76 Å². The van der Waals surface area contributed by atoms with Gasteiger partial charge in [0.25, 0.3) is 0 Å². The van der Waals surface area contributed by atoms with Crippen LogP contribution in [-0.4, -0.2) is 17.6 Å². The van der Waals surface area contributed by atoms with Gasteiger partial charge in [0, 0.05) is 5.56 Å². The molecular weight excluding hydrogens is 242 g/mol. The SMILES string of the molecule is CCOC(=O)c1nc(-c2ccc(CC)cc2)oc1C. The van der Waals surface area contributed by atoms with E-state index in [-0.39, 0.29) is 5.69 Å². The summed E-state index contributed by atoms with van der Waals surface area (Å²) in [6.07, 6.45) is 0.985. The number of oxazole rings is 1. The highest BCUT2D eigenvalue weighted by Gasteiger charge is 2.18. The molecule has 4 heteroatoms. The van der Waals surface area contributed by atoms with E-state index in [9.17, 15) is 4.79 Å². The number of hydrogen-bond donors (Lipinski definition) is 0. The molecular formula is C15H17NO3. The maximum absolute atomic E-state index is 11.7. The maximum Gasteiger partial charge on any atom is 0.360 e. The molecule has 2 rings (SSSR count). The molecule has 0 unspecified atom stereocenters. The Morgan fingerprint density at radius 3 is 2.53 bits per heavy atom. The zero-order chi connectivity index (χ0) is 13.8. The number of esters is 1. The second kappa shape index (κ2) is 5.69. The van der Waals surface area contributed by atoms with Crippen LogP contribution in [0, 0.1) is 6.92 Å². The molecule has 0 saturated heterocycles. The van der Waals surface area contributed by atoms with Crippen LogP contribution in [0.1, 0.15) is 35.7 Å². The van der Waals surface area contributed by atoms with Gasteiger partial charge in [0.05, 0.1) is 6.61 Å². The van der Waals surface area contributed by atoms with Crippen molar-refractivity contribution in [3.05, 3.63) is 41.3 Å². The topological polar surface area (TPSA) is 52.3 Å². The Bertz CT molecular complexity index is 570. The number of hydrogen-bond acceptors (Lipinski definition) is 4. The van der Waals surface area contributed by atoms with Crippen LogP contribution in [0.3, 0.4) is 0 Å². The number of ether oxygens (including phenoxy) is 1. The predicted molar refractivity (Wildman–Crippen MR) is 72.0 cm³/mol. The van der Waals surface area contributed by atoms with Crippen LogP contribution in [0.25, 0.3) is 11.5 Å². The Hall–Kier alpha value is -2.10. The third-order valence-corrected chi connectivity index (χ3v) is 2.87. The van der Waals surface area contributed by atoms with Crippen LogP contribution in [0.5, 0.6) is 0 Å². The molecule has 19 heavy (non-hydrogen) atoms. The third-order valence-electron chi connectivity index (χ3n) is 2.87. The van der Waals surface area contributed by atoms with Crippen molar-refractivity contribution in [2.75, 3.05) is 6.61 Å². The zero-order valence-corrected chi connectivity index (χ0v) is 11.4. The summed E-state index contributed by atoms with van der Waals surface area (Å²) in [6.45, 7) is 5.90. The Labute approximate surface area is 112 Å². The molecule has 0 N–H and O–H groups in total. The van der Waals surface area contributed by atoms with Crippen LogP contribution in [0.2, 0.25) is 0 Å². The number of aryl methyl sites for hydroxylation is 2. The fourth-order valence-corrected chi connectivity index (χ4v) is 1.79. The number of carbonyl (C=O) groups is 1. The van der Waals surface area contributed by atoms with Crippen molar-refractivity contribution in [3.8, 4) is 11.5 Å². The molecule has 0 spiro atoms. The first-order valence-electron chi connectivity index (χ1n) is 6.39. The van der Waals surface area contributed by atoms with Crippen LogP contribution in [0.4, 0.5) is 0 Å². The maximum atomic E-state index is 11.7. The van der Waals surface area contributed by atoms with Gasteiger partial charge in [-0.1, -0.05) is 19.1 Å². The second-order valence-electron chi connectivity index (χ2n) is 4.19. The van der Waals surface area contributed by atoms with E-state index < -0.39 is 5.97 Å². The Morgan fingerprint density at radius 1 is 1.26 bits per heavy atom. The Morgan fingerprint density at radius 2 is 1.95 bits per heavy atom. The summed E-state index contributed by atoms with van der Waals surface area (Å²) in [4.78, 5) is 15.9. The highest BCUT2D eigenvalue weighted by atomic mass is 16.5. The lowest BCUT2D eigenvalue weighted by Gasteiger charge is -1.98. The summed E-state index contributed by atoms with van der Waals surface area (Å²) in [6, 6.07) is 7.94. The lowest BCUT2D eigenvalue weighted by molar-refractivity contribution is 0.0518. The molecule has 2 aromatic rings. The summed E-state index contributed by atoms with van der Waals surface area (Å²) in [5.41, 5.74) is 2.35. The van der Waals surface area contributed by atoms with Gasteiger partial charge < -0.3 is 9.15 Å². The number of benzene rings is 1. The highest BCUT2D eigenvalue weighted by Crippen LogP contribution is 2.22. The summed E-state index contributed by atoms with van der Waals surface area (Å²) in [7, 11) is 0. The molecule has 100 valence electrons. The summed E-state index contributed by atoms with van der Waals surface area (Å²) >= 11 is 0. The number of carbonyl (C=O) groups excluding carboxylic acids is 1. The van der Waals surface area contributed by atoms with E-state index in [2.05, 4.69) is 11.9 Å². The molecule has 4 nitrogen and oxygen atoms in total. The van der Waals surface area contributed by atoms with Gasteiger partial charge in [-0.2, -0.15) is 0 Å². The Kier molecular flexibility index (Phi) is 4.00. The molecule has 0 aliphatic carbocycles. The molecule has 0 bridgehead atoms. The summed E-state index contributed by atoms with van der Waals surface area (Å²) in [5.74, 6) is 0.483. The number of rotatable bonds is 4.